The molecular formula is C14H19N3. The van der Waals surface area contributed by atoms with Crippen molar-refractivity contribution in [1.82, 2.24) is 9.78 Å². The van der Waals surface area contributed by atoms with Crippen LogP contribution >= 0.6 is 0 Å². The summed E-state index contributed by atoms with van der Waals surface area (Å²) >= 11 is 0. The second-order valence-corrected chi connectivity index (χ2v) is 4.33. The predicted molar refractivity (Wildman–Crippen MR) is 71.1 cm³/mol. The van der Waals surface area contributed by atoms with Crippen LogP contribution in [0.4, 0.5) is 5.69 Å². The van der Waals surface area contributed by atoms with Crippen LogP contribution in [0.3, 0.4) is 0 Å². The maximum Gasteiger partial charge on any atom is 0.0825 e. The average molecular weight is 229 g/mol. The zero-order valence-corrected chi connectivity index (χ0v) is 10.7. The summed E-state index contributed by atoms with van der Waals surface area (Å²) in [6.45, 7) is 5.03. The Morgan fingerprint density at radius 2 is 1.82 bits per heavy atom. The second kappa shape index (κ2) is 5.04. The molecule has 0 atom stereocenters. The van der Waals surface area contributed by atoms with Gasteiger partial charge in [0.15, 0.2) is 0 Å². The summed E-state index contributed by atoms with van der Waals surface area (Å²) in [6, 6.07) is 8.73. The zero-order valence-electron chi connectivity index (χ0n) is 10.7. The number of nitrogens with one attached hydrogen (secondary N) is 1. The van der Waals surface area contributed by atoms with Crippen molar-refractivity contribution in [1.29, 1.82) is 0 Å². The number of aromatic nitrogens is 2. The Labute approximate surface area is 102 Å². The Kier molecular flexibility index (Phi) is 3.47. The van der Waals surface area contributed by atoms with Gasteiger partial charge in [-0.3, -0.25) is 4.68 Å². The number of aryl methyl sites for hydroxylation is 3. The van der Waals surface area contributed by atoms with Crippen molar-refractivity contribution in [3.05, 3.63) is 47.3 Å². The maximum absolute atomic E-state index is 4.30. The molecule has 0 amide bonds. The van der Waals surface area contributed by atoms with Gasteiger partial charge in [0, 0.05) is 19.8 Å². The van der Waals surface area contributed by atoms with E-state index in [1.807, 2.05) is 24.9 Å². The van der Waals surface area contributed by atoms with Crippen LogP contribution in [0.5, 0.6) is 0 Å². The fourth-order valence-corrected chi connectivity index (χ4v) is 1.86. The summed E-state index contributed by atoms with van der Waals surface area (Å²) in [4.78, 5) is 0. The molecule has 2 aromatic rings. The molecule has 1 N–H and O–H groups in total. The van der Waals surface area contributed by atoms with Crippen molar-refractivity contribution in [2.75, 3.05) is 5.32 Å². The molecule has 3 nitrogen and oxygen atoms in total. The summed E-state index contributed by atoms with van der Waals surface area (Å²) in [5, 5.41) is 7.71. The highest BCUT2D eigenvalue weighted by Gasteiger charge is 2.01. The minimum Gasteiger partial charge on any atom is -0.378 e. The van der Waals surface area contributed by atoms with Crippen molar-refractivity contribution in [3.8, 4) is 0 Å². The number of benzene rings is 1. The van der Waals surface area contributed by atoms with Crippen LogP contribution in [0.25, 0.3) is 0 Å². The topological polar surface area (TPSA) is 29.9 Å². The van der Waals surface area contributed by atoms with Gasteiger partial charge in [-0.1, -0.05) is 31.2 Å². The van der Waals surface area contributed by atoms with Crippen LogP contribution in [0.15, 0.2) is 30.5 Å². The summed E-state index contributed by atoms with van der Waals surface area (Å²) in [5.41, 5.74) is 4.82. The molecule has 0 saturated heterocycles. The second-order valence-electron chi connectivity index (χ2n) is 4.33. The highest BCUT2D eigenvalue weighted by atomic mass is 15.3. The van der Waals surface area contributed by atoms with E-state index in [2.05, 4.69) is 41.6 Å². The molecule has 0 spiro atoms. The molecule has 0 unspecified atom stereocenters. The van der Waals surface area contributed by atoms with Gasteiger partial charge in [-0.05, 0) is 24.5 Å². The number of hydrogen-bond donors (Lipinski definition) is 1. The first kappa shape index (κ1) is 11.7. The van der Waals surface area contributed by atoms with Gasteiger partial charge in [0.2, 0.25) is 0 Å². The molecule has 2 rings (SSSR count). The van der Waals surface area contributed by atoms with Gasteiger partial charge in [0.05, 0.1) is 11.4 Å². The van der Waals surface area contributed by atoms with Gasteiger partial charge in [-0.2, -0.15) is 5.10 Å². The van der Waals surface area contributed by atoms with Gasteiger partial charge in [-0.25, -0.2) is 0 Å². The van der Waals surface area contributed by atoms with Crippen molar-refractivity contribution in [2.45, 2.75) is 26.8 Å². The molecule has 0 aliphatic heterocycles. The maximum atomic E-state index is 4.30. The molecule has 1 heterocycles. The summed E-state index contributed by atoms with van der Waals surface area (Å²) in [7, 11) is 1.94. The first-order chi connectivity index (χ1) is 8.19. The van der Waals surface area contributed by atoms with Crippen LogP contribution in [0.2, 0.25) is 0 Å². The van der Waals surface area contributed by atoms with Gasteiger partial charge in [0.25, 0.3) is 0 Å². The Bertz CT molecular complexity index is 483. The van der Waals surface area contributed by atoms with Gasteiger partial charge >= 0.3 is 0 Å². The third-order valence-electron chi connectivity index (χ3n) is 2.93. The third kappa shape index (κ3) is 2.87. The lowest BCUT2D eigenvalue weighted by Crippen LogP contribution is -1.99. The lowest BCUT2D eigenvalue weighted by atomic mass is 10.1. The molecule has 17 heavy (non-hydrogen) atoms. The minimum atomic E-state index is 0.844. The van der Waals surface area contributed by atoms with E-state index in [-0.39, 0.29) is 0 Å². The van der Waals surface area contributed by atoms with E-state index in [9.17, 15) is 0 Å². The normalized spacial score (nSPS) is 10.5. The molecule has 0 aliphatic carbocycles. The smallest absolute Gasteiger partial charge is 0.0825 e. The van der Waals surface area contributed by atoms with E-state index in [4.69, 9.17) is 0 Å². The number of nitrogens with zero attached hydrogens (tertiary/aromatic N) is 2. The standard InChI is InChI=1S/C14H19N3/c1-4-12-5-7-13(8-6-12)9-15-14-10-17(3)16-11(14)2/h5-8,10,15H,4,9H2,1-3H3. The van der Waals surface area contributed by atoms with E-state index in [0.717, 1.165) is 24.3 Å². The number of rotatable bonds is 4. The predicted octanol–water partition coefficient (Wildman–Crippen LogP) is 2.90. The monoisotopic (exact) mass is 229 g/mol. The number of hydrogen-bond acceptors (Lipinski definition) is 2. The SMILES string of the molecule is CCc1ccc(CNc2cn(C)nc2C)cc1. The molecular weight excluding hydrogens is 210 g/mol. The lowest BCUT2D eigenvalue weighted by molar-refractivity contribution is 0.756. The first-order valence-corrected chi connectivity index (χ1v) is 6.01. The van der Waals surface area contributed by atoms with E-state index in [1.54, 1.807) is 0 Å². The molecule has 1 aromatic heterocycles. The van der Waals surface area contributed by atoms with Crippen molar-refractivity contribution >= 4 is 5.69 Å². The van der Waals surface area contributed by atoms with Gasteiger partial charge < -0.3 is 5.32 Å². The highest BCUT2D eigenvalue weighted by molar-refractivity contribution is 5.46. The van der Waals surface area contributed by atoms with E-state index >= 15 is 0 Å². The quantitative estimate of drug-likeness (QED) is 0.873. The molecule has 0 bridgehead atoms. The Morgan fingerprint density at radius 3 is 2.35 bits per heavy atom. The first-order valence-electron chi connectivity index (χ1n) is 6.01. The Balaban J connectivity index is 1.99. The largest absolute Gasteiger partial charge is 0.378 e. The summed E-state index contributed by atoms with van der Waals surface area (Å²) in [5.74, 6) is 0. The van der Waals surface area contributed by atoms with E-state index in [0.29, 0.717) is 0 Å². The molecule has 0 radical (unpaired) electrons. The fourth-order valence-electron chi connectivity index (χ4n) is 1.86. The molecule has 0 fully saturated rings. The van der Waals surface area contributed by atoms with E-state index in [1.165, 1.54) is 11.1 Å². The Morgan fingerprint density at radius 1 is 1.18 bits per heavy atom. The third-order valence-corrected chi connectivity index (χ3v) is 2.93. The average Bonchev–Trinajstić information content (AvgIpc) is 2.66. The van der Waals surface area contributed by atoms with Gasteiger partial charge in [-0.15, -0.1) is 0 Å². The zero-order chi connectivity index (χ0) is 12.3. The lowest BCUT2D eigenvalue weighted by Gasteiger charge is -2.05. The summed E-state index contributed by atoms with van der Waals surface area (Å²) in [6.07, 6.45) is 3.10. The van der Waals surface area contributed by atoms with Crippen LogP contribution in [0.1, 0.15) is 23.7 Å². The Hall–Kier alpha value is -1.77. The van der Waals surface area contributed by atoms with Crippen LogP contribution in [-0.4, -0.2) is 9.78 Å². The van der Waals surface area contributed by atoms with Gasteiger partial charge in [0.1, 0.15) is 0 Å². The molecule has 3 heteroatoms. The fraction of sp³-hybridized carbons (Fsp3) is 0.357. The molecule has 1 aromatic carbocycles. The molecule has 0 aliphatic rings. The van der Waals surface area contributed by atoms with Crippen LogP contribution < -0.4 is 5.32 Å². The minimum absolute atomic E-state index is 0.844. The number of anilines is 1. The molecule has 0 saturated carbocycles. The van der Waals surface area contributed by atoms with Crippen molar-refractivity contribution < 1.29 is 0 Å². The highest BCUT2D eigenvalue weighted by Crippen LogP contribution is 2.13. The van der Waals surface area contributed by atoms with Crippen LogP contribution in [0, 0.1) is 6.92 Å². The van der Waals surface area contributed by atoms with E-state index < -0.39 is 0 Å². The van der Waals surface area contributed by atoms with Crippen molar-refractivity contribution in [2.24, 2.45) is 7.05 Å². The summed E-state index contributed by atoms with van der Waals surface area (Å²) < 4.78 is 1.83. The van der Waals surface area contributed by atoms with Crippen LogP contribution in [-0.2, 0) is 20.0 Å². The molecule has 90 valence electrons. The van der Waals surface area contributed by atoms with Crippen molar-refractivity contribution in [3.63, 3.8) is 0 Å².